The van der Waals surface area contributed by atoms with Gasteiger partial charge in [-0.15, -0.1) is 0 Å². The van der Waals surface area contributed by atoms with Gasteiger partial charge in [0.05, 0.1) is 0 Å². The van der Waals surface area contributed by atoms with Crippen molar-refractivity contribution in [1.29, 1.82) is 0 Å². The van der Waals surface area contributed by atoms with E-state index >= 15 is 0 Å². The van der Waals surface area contributed by atoms with Crippen molar-refractivity contribution in [3.05, 3.63) is 44.5 Å². The first-order chi connectivity index (χ1) is 12.5. The molecule has 146 valence electrons. The van der Waals surface area contributed by atoms with Crippen LogP contribution in [0.3, 0.4) is 0 Å². The van der Waals surface area contributed by atoms with Crippen LogP contribution in [0, 0.1) is 10.1 Å². The van der Waals surface area contributed by atoms with Gasteiger partial charge in [-0.2, -0.15) is 0 Å². The first-order valence-electron chi connectivity index (χ1n) is 10.0. The van der Waals surface area contributed by atoms with E-state index in [1.165, 1.54) is 67.6 Å². The van der Waals surface area contributed by atoms with Crippen LogP contribution in [0.1, 0.15) is 59.3 Å². The van der Waals surface area contributed by atoms with E-state index < -0.39 is 18.4 Å². The first kappa shape index (κ1) is 23.0. The Balaban J connectivity index is 2.82. The van der Waals surface area contributed by atoms with Gasteiger partial charge in [0.2, 0.25) is 0 Å². The van der Waals surface area contributed by atoms with E-state index in [1.54, 1.807) is 12.1 Å². The fourth-order valence-corrected chi connectivity index (χ4v) is 18.5. The summed E-state index contributed by atoms with van der Waals surface area (Å²) in [5.41, 5.74) is 0.0959. The van der Waals surface area contributed by atoms with E-state index in [2.05, 4.69) is 27.4 Å². The van der Waals surface area contributed by atoms with E-state index in [0.29, 0.717) is 12.4 Å². The molecule has 0 aliphatic rings. The van der Waals surface area contributed by atoms with Gasteiger partial charge >= 0.3 is 163 Å². The third-order valence-corrected chi connectivity index (χ3v) is 21.2. The minimum atomic E-state index is -2.46. The van der Waals surface area contributed by atoms with Crippen LogP contribution in [0.15, 0.2) is 34.4 Å². The molecule has 0 saturated carbocycles. The van der Waals surface area contributed by atoms with Gasteiger partial charge in [-0.1, -0.05) is 0 Å². The Labute approximate surface area is 163 Å². The second kappa shape index (κ2) is 12.4. The number of hydrogen-bond acceptors (Lipinski definition) is 3. The third kappa shape index (κ3) is 7.29. The Hall–Kier alpha value is -1.04. The molecule has 0 amide bonds. The van der Waals surface area contributed by atoms with Crippen molar-refractivity contribution in [2.75, 3.05) is 6.61 Å². The number of rotatable bonds is 14. The summed E-state index contributed by atoms with van der Waals surface area (Å²) in [4.78, 5) is 10.4. The molecular formula is C21H35NO3Sn. The fourth-order valence-electron chi connectivity index (χ4n) is 3.44. The molecule has 0 aliphatic carbocycles. The summed E-state index contributed by atoms with van der Waals surface area (Å²) in [7, 11) is 0. The van der Waals surface area contributed by atoms with Crippen molar-refractivity contribution in [2.45, 2.75) is 72.6 Å². The summed E-state index contributed by atoms with van der Waals surface area (Å²) in [6, 6.07) is 6.37. The predicted molar refractivity (Wildman–Crippen MR) is 113 cm³/mol. The van der Waals surface area contributed by atoms with Crippen LogP contribution in [0.4, 0.5) is 5.69 Å². The average Bonchev–Trinajstić information content (AvgIpc) is 2.66. The maximum atomic E-state index is 10.8. The van der Waals surface area contributed by atoms with Crippen molar-refractivity contribution in [3.8, 4) is 5.75 Å². The minimum absolute atomic E-state index is 0.0959. The molecule has 0 atom stereocenters. The first-order valence-corrected chi connectivity index (χ1v) is 17.5. The van der Waals surface area contributed by atoms with Crippen LogP contribution >= 0.6 is 0 Å². The van der Waals surface area contributed by atoms with Crippen molar-refractivity contribution < 1.29 is 9.66 Å². The summed E-state index contributed by atoms with van der Waals surface area (Å²) in [6.45, 7) is 11.9. The maximum absolute atomic E-state index is 10.8. The van der Waals surface area contributed by atoms with Crippen molar-refractivity contribution in [1.82, 2.24) is 0 Å². The second-order valence-corrected chi connectivity index (χ2v) is 20.8. The summed E-state index contributed by atoms with van der Waals surface area (Å²) >= 11 is -2.46. The summed E-state index contributed by atoms with van der Waals surface area (Å²) in [6.07, 6.45) is 7.65. The Kier molecular flexibility index (Phi) is 10.9. The van der Waals surface area contributed by atoms with Crippen LogP contribution in [-0.2, 0) is 0 Å². The summed E-state index contributed by atoms with van der Waals surface area (Å²) in [5.74, 6) is 0.693. The summed E-state index contributed by atoms with van der Waals surface area (Å²) < 4.78 is 11.5. The number of unbranched alkanes of at least 4 members (excludes halogenated alkanes) is 3. The van der Waals surface area contributed by atoms with Gasteiger partial charge < -0.3 is 0 Å². The zero-order valence-electron chi connectivity index (χ0n) is 16.8. The molecule has 0 aliphatic heterocycles. The molecule has 0 N–H and O–H groups in total. The molecule has 4 nitrogen and oxygen atoms in total. The second-order valence-electron chi connectivity index (χ2n) is 7.23. The molecule has 1 rings (SSSR count). The van der Waals surface area contributed by atoms with Crippen molar-refractivity contribution in [3.63, 3.8) is 0 Å². The monoisotopic (exact) mass is 469 g/mol. The van der Waals surface area contributed by atoms with Crippen LogP contribution in [-0.4, -0.2) is 29.9 Å². The SMILES string of the molecule is C=[C](COc1ccc([N+](=O)[O-])cc1)[Sn]([CH2]CCC)([CH2]CCC)[CH2]CCC. The van der Waals surface area contributed by atoms with E-state index in [4.69, 9.17) is 4.74 Å². The van der Waals surface area contributed by atoms with Gasteiger partial charge in [0.15, 0.2) is 0 Å². The van der Waals surface area contributed by atoms with E-state index in [0.717, 1.165) is 0 Å². The number of nitro groups is 1. The number of nitro benzene ring substituents is 1. The molecule has 0 aromatic heterocycles. The fraction of sp³-hybridized carbons (Fsp3) is 0.619. The number of benzene rings is 1. The van der Waals surface area contributed by atoms with Crippen LogP contribution < -0.4 is 4.74 Å². The van der Waals surface area contributed by atoms with Crippen LogP contribution in [0.2, 0.25) is 13.3 Å². The molecule has 0 heterocycles. The molecule has 0 radical (unpaired) electrons. The normalized spacial score (nSPS) is 11.3. The van der Waals surface area contributed by atoms with Gasteiger partial charge in [0.1, 0.15) is 0 Å². The molecule has 5 heteroatoms. The molecule has 26 heavy (non-hydrogen) atoms. The average molecular weight is 468 g/mol. The van der Waals surface area contributed by atoms with Crippen LogP contribution in [0.25, 0.3) is 0 Å². The van der Waals surface area contributed by atoms with E-state index in [9.17, 15) is 10.1 Å². The Morgan fingerprint density at radius 1 is 1.00 bits per heavy atom. The third-order valence-electron chi connectivity index (χ3n) is 5.24. The van der Waals surface area contributed by atoms with E-state index in [-0.39, 0.29) is 10.6 Å². The predicted octanol–water partition coefficient (Wildman–Crippen LogP) is 6.92. The molecule has 0 bridgehead atoms. The van der Waals surface area contributed by atoms with Crippen molar-refractivity contribution in [2.24, 2.45) is 0 Å². The van der Waals surface area contributed by atoms with Gasteiger partial charge in [0, 0.05) is 0 Å². The molecular weight excluding hydrogens is 433 g/mol. The molecule has 0 fully saturated rings. The Morgan fingerprint density at radius 2 is 1.46 bits per heavy atom. The quantitative estimate of drug-likeness (QED) is 0.169. The van der Waals surface area contributed by atoms with E-state index in [1.807, 2.05) is 0 Å². The number of nitrogens with zero attached hydrogens (tertiary/aromatic N) is 1. The molecule has 1 aromatic rings. The van der Waals surface area contributed by atoms with Crippen molar-refractivity contribution >= 4 is 24.1 Å². The molecule has 0 saturated heterocycles. The molecule has 0 unspecified atom stereocenters. The zero-order valence-corrected chi connectivity index (χ0v) is 19.6. The Bertz CT molecular complexity index is 535. The van der Waals surface area contributed by atoms with Gasteiger partial charge in [-0.25, -0.2) is 0 Å². The number of hydrogen-bond donors (Lipinski definition) is 0. The number of non-ortho nitro benzene ring substituents is 1. The Morgan fingerprint density at radius 3 is 1.85 bits per heavy atom. The van der Waals surface area contributed by atoms with Gasteiger partial charge in [-0.3, -0.25) is 0 Å². The topological polar surface area (TPSA) is 52.4 Å². The van der Waals surface area contributed by atoms with Gasteiger partial charge in [0.25, 0.3) is 0 Å². The standard InChI is InChI=1S/C9H8NO3.3C4H9.Sn/c1-2-7-13-9-5-3-8(4-6-9)10(11)12;3*1-3-4-2;/h3-6H,1,7H2;3*1,3-4H2,2H3;. The van der Waals surface area contributed by atoms with Gasteiger partial charge in [-0.05, 0) is 0 Å². The molecule has 1 aromatic carbocycles. The summed E-state index contributed by atoms with van der Waals surface area (Å²) in [5, 5.41) is 10.8. The zero-order chi connectivity index (χ0) is 19.4. The van der Waals surface area contributed by atoms with Crippen LogP contribution in [0.5, 0.6) is 5.75 Å². The molecule has 0 spiro atoms. The number of ether oxygens (including phenoxy) is 1.